The Morgan fingerprint density at radius 3 is 2.40 bits per heavy atom. The van der Waals surface area contributed by atoms with Gasteiger partial charge in [-0.3, -0.25) is 9.48 Å². The minimum atomic E-state index is -3.00. The van der Waals surface area contributed by atoms with E-state index in [0.29, 0.717) is 18.0 Å². The fourth-order valence-electron chi connectivity index (χ4n) is 4.57. The fraction of sp³-hybridized carbons (Fsp3) is 0.545. The number of benzene rings is 1. The summed E-state index contributed by atoms with van der Waals surface area (Å²) in [4.78, 5) is 15.2. The van der Waals surface area contributed by atoms with E-state index in [2.05, 4.69) is 27.4 Å². The Morgan fingerprint density at radius 1 is 1.03 bits per heavy atom. The molecule has 1 atom stereocenters. The van der Waals surface area contributed by atoms with Gasteiger partial charge in [-0.05, 0) is 68.9 Å². The second-order valence-corrected chi connectivity index (χ2v) is 11.0. The molecule has 2 aliphatic heterocycles. The number of carbonyl (C=O) groups excluding carboxylic acids is 1. The monoisotopic (exact) mass is 428 g/mol. The Hall–Kier alpha value is -2.35. The normalized spacial score (nSPS) is 23.5. The van der Waals surface area contributed by atoms with Crippen LogP contribution in [0.1, 0.15) is 66.7 Å². The van der Waals surface area contributed by atoms with Gasteiger partial charge in [0.05, 0.1) is 17.5 Å². The zero-order valence-electron chi connectivity index (χ0n) is 17.1. The SMILES string of the molecule is O=C(Nc1ccc(N2CCCCC2)cc1)c1cc(C2CC2)n([C@H]2CCS(=O)(=O)C2)n1. The van der Waals surface area contributed by atoms with Gasteiger partial charge in [0, 0.05) is 36.1 Å². The standard InChI is InChI=1S/C22H28N4O3S/c27-22(23-17-6-8-18(9-7-17)25-11-2-1-3-12-25)20-14-21(16-4-5-16)26(24-20)19-10-13-30(28,29)15-19/h6-9,14,16,19H,1-5,10-13,15H2,(H,23,27)/t19-/m0/s1. The number of amides is 1. The van der Waals surface area contributed by atoms with Crippen molar-refractivity contribution in [2.24, 2.45) is 0 Å². The molecule has 0 spiro atoms. The van der Waals surface area contributed by atoms with Crippen molar-refractivity contribution in [2.45, 2.75) is 50.5 Å². The number of sulfone groups is 1. The number of nitrogens with zero attached hydrogens (tertiary/aromatic N) is 3. The number of nitrogens with one attached hydrogen (secondary N) is 1. The van der Waals surface area contributed by atoms with Crippen molar-refractivity contribution in [1.82, 2.24) is 9.78 Å². The molecule has 2 saturated heterocycles. The molecule has 7 nitrogen and oxygen atoms in total. The largest absolute Gasteiger partial charge is 0.372 e. The zero-order chi connectivity index (χ0) is 20.7. The van der Waals surface area contributed by atoms with E-state index >= 15 is 0 Å². The highest BCUT2D eigenvalue weighted by atomic mass is 32.2. The van der Waals surface area contributed by atoms with Gasteiger partial charge < -0.3 is 10.2 Å². The quantitative estimate of drug-likeness (QED) is 0.789. The Balaban J connectivity index is 1.31. The van der Waals surface area contributed by atoms with Crippen LogP contribution in [0.4, 0.5) is 11.4 Å². The summed E-state index contributed by atoms with van der Waals surface area (Å²) in [6.07, 6.45) is 6.48. The Morgan fingerprint density at radius 2 is 1.77 bits per heavy atom. The van der Waals surface area contributed by atoms with Crippen LogP contribution in [0.2, 0.25) is 0 Å². The second-order valence-electron chi connectivity index (χ2n) is 8.78. The van der Waals surface area contributed by atoms with Crippen LogP contribution in [-0.4, -0.2) is 48.7 Å². The van der Waals surface area contributed by atoms with E-state index in [1.54, 1.807) is 0 Å². The molecular weight excluding hydrogens is 400 g/mol. The first-order valence-corrected chi connectivity index (χ1v) is 12.8. The molecule has 1 N–H and O–H groups in total. The molecule has 1 aromatic heterocycles. The summed E-state index contributed by atoms with van der Waals surface area (Å²) in [5, 5.41) is 7.48. The summed E-state index contributed by atoms with van der Waals surface area (Å²) < 4.78 is 25.6. The third-order valence-corrected chi connectivity index (χ3v) is 8.14. The third kappa shape index (κ3) is 4.10. The average Bonchev–Trinajstić information content (AvgIpc) is 3.39. The highest BCUT2D eigenvalue weighted by Crippen LogP contribution is 2.42. The highest BCUT2D eigenvalue weighted by Gasteiger charge is 2.36. The summed E-state index contributed by atoms with van der Waals surface area (Å²) in [6, 6.07) is 9.67. The number of hydrogen-bond acceptors (Lipinski definition) is 5. The maximum Gasteiger partial charge on any atom is 0.276 e. The molecule has 3 heterocycles. The van der Waals surface area contributed by atoms with Crippen molar-refractivity contribution in [1.29, 1.82) is 0 Å². The lowest BCUT2D eigenvalue weighted by atomic mass is 10.1. The van der Waals surface area contributed by atoms with Gasteiger partial charge in [0.1, 0.15) is 0 Å². The number of rotatable bonds is 5. The highest BCUT2D eigenvalue weighted by molar-refractivity contribution is 7.91. The Kier molecular flexibility index (Phi) is 5.05. The van der Waals surface area contributed by atoms with Crippen LogP contribution < -0.4 is 10.2 Å². The molecule has 3 fully saturated rings. The van der Waals surface area contributed by atoms with E-state index in [1.165, 1.54) is 24.9 Å². The summed E-state index contributed by atoms with van der Waals surface area (Å²) in [5.74, 6) is 0.466. The molecule has 1 saturated carbocycles. The maximum atomic E-state index is 12.8. The second kappa shape index (κ2) is 7.72. The fourth-order valence-corrected chi connectivity index (χ4v) is 6.26. The van der Waals surface area contributed by atoms with Crippen LogP contribution in [0.3, 0.4) is 0 Å². The van der Waals surface area contributed by atoms with Crippen LogP contribution >= 0.6 is 0 Å². The average molecular weight is 429 g/mol. The molecule has 1 amide bonds. The molecule has 3 aliphatic rings. The molecule has 5 rings (SSSR count). The Labute approximate surface area is 177 Å². The maximum absolute atomic E-state index is 12.8. The molecule has 0 bridgehead atoms. The topological polar surface area (TPSA) is 84.3 Å². The smallest absolute Gasteiger partial charge is 0.276 e. The van der Waals surface area contributed by atoms with Crippen LogP contribution in [0.25, 0.3) is 0 Å². The number of carbonyl (C=O) groups is 1. The van der Waals surface area contributed by atoms with Gasteiger partial charge in [0.15, 0.2) is 15.5 Å². The molecule has 160 valence electrons. The van der Waals surface area contributed by atoms with E-state index in [9.17, 15) is 13.2 Å². The van der Waals surface area contributed by atoms with Crippen molar-refractivity contribution in [3.05, 3.63) is 41.7 Å². The number of piperidine rings is 1. The van der Waals surface area contributed by atoms with Gasteiger partial charge in [-0.15, -0.1) is 0 Å². The lowest BCUT2D eigenvalue weighted by molar-refractivity contribution is 0.102. The van der Waals surface area contributed by atoms with Crippen molar-refractivity contribution in [2.75, 3.05) is 34.8 Å². The molecule has 0 unspecified atom stereocenters. The summed E-state index contributed by atoms with van der Waals surface area (Å²) in [6.45, 7) is 2.17. The van der Waals surface area contributed by atoms with E-state index < -0.39 is 9.84 Å². The van der Waals surface area contributed by atoms with Gasteiger partial charge in [-0.25, -0.2) is 8.42 Å². The first-order chi connectivity index (χ1) is 14.5. The molecule has 0 radical (unpaired) electrons. The lowest BCUT2D eigenvalue weighted by Gasteiger charge is -2.28. The third-order valence-electron chi connectivity index (χ3n) is 6.39. The van der Waals surface area contributed by atoms with Crippen molar-refractivity contribution in [3.8, 4) is 0 Å². The predicted octanol–water partition coefficient (Wildman–Crippen LogP) is 3.36. The summed E-state index contributed by atoms with van der Waals surface area (Å²) in [5.41, 5.74) is 3.30. The number of aromatic nitrogens is 2. The molecule has 8 heteroatoms. The predicted molar refractivity (Wildman–Crippen MR) is 117 cm³/mol. The Bertz CT molecular complexity index is 1030. The zero-order valence-corrected chi connectivity index (χ0v) is 17.9. The van der Waals surface area contributed by atoms with Gasteiger partial charge in [-0.2, -0.15) is 5.10 Å². The minimum absolute atomic E-state index is 0.118. The van der Waals surface area contributed by atoms with Crippen molar-refractivity contribution in [3.63, 3.8) is 0 Å². The van der Waals surface area contributed by atoms with Crippen LogP contribution in [0.5, 0.6) is 0 Å². The minimum Gasteiger partial charge on any atom is -0.372 e. The molecule has 1 aromatic carbocycles. The van der Waals surface area contributed by atoms with E-state index in [4.69, 9.17) is 0 Å². The number of anilines is 2. The lowest BCUT2D eigenvalue weighted by Crippen LogP contribution is -2.29. The van der Waals surface area contributed by atoms with Crippen molar-refractivity contribution >= 4 is 27.1 Å². The van der Waals surface area contributed by atoms with Gasteiger partial charge in [0.2, 0.25) is 0 Å². The van der Waals surface area contributed by atoms with Crippen LogP contribution in [0, 0.1) is 0 Å². The van der Waals surface area contributed by atoms with Crippen molar-refractivity contribution < 1.29 is 13.2 Å². The molecular formula is C22H28N4O3S. The summed E-state index contributed by atoms with van der Waals surface area (Å²) in [7, 11) is -3.00. The van der Waals surface area contributed by atoms with E-state index in [-0.39, 0.29) is 23.5 Å². The van der Waals surface area contributed by atoms with Gasteiger partial charge >= 0.3 is 0 Å². The van der Waals surface area contributed by atoms with Crippen LogP contribution in [0.15, 0.2) is 30.3 Å². The van der Waals surface area contributed by atoms with Gasteiger partial charge in [-0.1, -0.05) is 0 Å². The molecule has 30 heavy (non-hydrogen) atoms. The molecule has 2 aromatic rings. The van der Waals surface area contributed by atoms with E-state index in [0.717, 1.165) is 37.3 Å². The first-order valence-electron chi connectivity index (χ1n) is 10.9. The number of hydrogen-bond donors (Lipinski definition) is 1. The molecule has 1 aliphatic carbocycles. The van der Waals surface area contributed by atoms with Crippen LogP contribution in [-0.2, 0) is 9.84 Å². The first kappa shape index (κ1) is 19.6. The summed E-state index contributed by atoms with van der Waals surface area (Å²) >= 11 is 0. The van der Waals surface area contributed by atoms with Gasteiger partial charge in [0.25, 0.3) is 5.91 Å². The van der Waals surface area contributed by atoms with E-state index in [1.807, 2.05) is 22.9 Å².